The zero-order valence-corrected chi connectivity index (χ0v) is 10.5. The van der Waals surface area contributed by atoms with Crippen molar-refractivity contribution >= 4 is 36.2 Å². The van der Waals surface area contributed by atoms with Crippen LogP contribution < -0.4 is 16.4 Å². The highest BCUT2D eigenvalue weighted by molar-refractivity contribution is 7.80. The van der Waals surface area contributed by atoms with E-state index in [1.54, 1.807) is 18.2 Å². The average molecular weight is 274 g/mol. The van der Waals surface area contributed by atoms with Crippen molar-refractivity contribution in [3.63, 3.8) is 0 Å². The van der Waals surface area contributed by atoms with E-state index < -0.39 is 6.03 Å². The van der Waals surface area contributed by atoms with Crippen LogP contribution in [0.1, 0.15) is 10.4 Å². The van der Waals surface area contributed by atoms with Gasteiger partial charge in [-0.3, -0.25) is 4.79 Å². The van der Waals surface area contributed by atoms with Crippen LogP contribution in [0.4, 0.5) is 4.79 Å². The maximum atomic E-state index is 11.7. The molecule has 0 spiro atoms. The number of benzene rings is 1. The van der Waals surface area contributed by atoms with Crippen LogP contribution in [-0.2, 0) is 0 Å². The number of carbonyl (C=O) groups excluding carboxylic acids is 2. The van der Waals surface area contributed by atoms with Crippen molar-refractivity contribution in [3.05, 3.63) is 28.8 Å². The number of primary amides is 1. The Morgan fingerprint density at radius 3 is 2.59 bits per heavy atom. The number of hydrogen-bond acceptors (Lipinski definition) is 3. The van der Waals surface area contributed by atoms with Gasteiger partial charge in [-0.15, -0.1) is 12.6 Å². The number of nitrogens with one attached hydrogen (secondary N) is 2. The second-order valence-corrected chi connectivity index (χ2v) is 4.13. The number of carbonyl (C=O) groups is 2. The van der Waals surface area contributed by atoms with Crippen LogP contribution in [0.5, 0.6) is 0 Å². The van der Waals surface area contributed by atoms with Gasteiger partial charge < -0.3 is 16.4 Å². The number of halogens is 1. The summed E-state index contributed by atoms with van der Waals surface area (Å²) in [6.45, 7) is 0.536. The number of amides is 3. The van der Waals surface area contributed by atoms with Crippen LogP contribution in [0, 0.1) is 0 Å². The van der Waals surface area contributed by atoms with Gasteiger partial charge in [0.15, 0.2) is 0 Å². The predicted molar refractivity (Wildman–Crippen MR) is 68.6 cm³/mol. The normalized spacial score (nSPS) is 9.76. The lowest BCUT2D eigenvalue weighted by molar-refractivity contribution is 0.0954. The molecule has 0 saturated heterocycles. The van der Waals surface area contributed by atoms with E-state index in [2.05, 4.69) is 23.3 Å². The molecule has 0 aromatic heterocycles. The van der Waals surface area contributed by atoms with E-state index in [0.717, 1.165) is 0 Å². The molecule has 0 aliphatic heterocycles. The molecule has 7 heteroatoms. The second kappa shape index (κ2) is 6.36. The van der Waals surface area contributed by atoms with Gasteiger partial charge in [0.2, 0.25) is 0 Å². The summed E-state index contributed by atoms with van der Waals surface area (Å²) >= 11 is 9.99. The van der Waals surface area contributed by atoms with Crippen molar-refractivity contribution in [3.8, 4) is 0 Å². The Kier molecular flexibility index (Phi) is 5.11. The molecule has 0 unspecified atom stereocenters. The molecule has 0 radical (unpaired) electrons. The van der Waals surface area contributed by atoms with E-state index in [-0.39, 0.29) is 19.0 Å². The summed E-state index contributed by atoms with van der Waals surface area (Å²) in [4.78, 5) is 22.7. The molecule has 1 aromatic rings. The van der Waals surface area contributed by atoms with E-state index in [1.807, 2.05) is 0 Å². The van der Waals surface area contributed by atoms with Gasteiger partial charge in [0.25, 0.3) is 5.91 Å². The summed E-state index contributed by atoms with van der Waals surface area (Å²) in [6.07, 6.45) is 0. The number of thiol groups is 1. The minimum Gasteiger partial charge on any atom is -0.352 e. The lowest BCUT2D eigenvalue weighted by Crippen LogP contribution is -2.37. The molecule has 0 heterocycles. The minimum atomic E-state index is -0.630. The number of urea groups is 1. The number of hydrogen-bond donors (Lipinski definition) is 4. The standard InChI is InChI=1S/C10H12ClN3O2S/c11-8-2-1-6(17)5-7(8)9(15)13-3-4-14-10(12)16/h1-2,5,17H,3-4H2,(H,13,15)(H3,12,14,16). The Labute approximate surface area is 109 Å². The SMILES string of the molecule is NC(=O)NCCNC(=O)c1cc(S)ccc1Cl. The molecule has 1 aromatic carbocycles. The molecule has 0 fully saturated rings. The fourth-order valence-electron chi connectivity index (χ4n) is 1.14. The highest BCUT2D eigenvalue weighted by Crippen LogP contribution is 2.19. The van der Waals surface area contributed by atoms with Gasteiger partial charge in [-0.25, -0.2) is 4.79 Å². The quantitative estimate of drug-likeness (QED) is 0.488. The molecular weight excluding hydrogens is 262 g/mol. The summed E-state index contributed by atoms with van der Waals surface area (Å²) in [6, 6.07) is 4.23. The van der Waals surface area contributed by atoms with Crippen LogP contribution in [0.2, 0.25) is 5.02 Å². The van der Waals surface area contributed by atoms with Crippen LogP contribution >= 0.6 is 24.2 Å². The maximum Gasteiger partial charge on any atom is 0.312 e. The van der Waals surface area contributed by atoms with Gasteiger partial charge in [0.05, 0.1) is 10.6 Å². The Morgan fingerprint density at radius 1 is 1.29 bits per heavy atom. The van der Waals surface area contributed by atoms with E-state index in [4.69, 9.17) is 17.3 Å². The van der Waals surface area contributed by atoms with E-state index in [1.165, 1.54) is 0 Å². The van der Waals surface area contributed by atoms with Crippen molar-refractivity contribution in [2.45, 2.75) is 4.90 Å². The Bertz CT molecular complexity index is 440. The smallest absolute Gasteiger partial charge is 0.312 e. The lowest BCUT2D eigenvalue weighted by Gasteiger charge is -2.07. The molecule has 3 amide bonds. The summed E-state index contributed by atoms with van der Waals surface area (Å²) in [5.74, 6) is -0.322. The first-order valence-corrected chi connectivity index (χ1v) is 5.63. The van der Waals surface area contributed by atoms with Crippen molar-refractivity contribution in [1.82, 2.24) is 10.6 Å². The largest absolute Gasteiger partial charge is 0.352 e. The molecule has 0 aliphatic carbocycles. The third-order valence-electron chi connectivity index (χ3n) is 1.90. The first-order chi connectivity index (χ1) is 8.00. The zero-order chi connectivity index (χ0) is 12.8. The van der Waals surface area contributed by atoms with Crippen LogP contribution in [0.3, 0.4) is 0 Å². The molecule has 5 nitrogen and oxygen atoms in total. The van der Waals surface area contributed by atoms with Crippen LogP contribution in [-0.4, -0.2) is 25.0 Å². The highest BCUT2D eigenvalue weighted by Gasteiger charge is 2.09. The highest BCUT2D eigenvalue weighted by atomic mass is 35.5. The molecule has 1 rings (SSSR count). The molecule has 0 atom stereocenters. The van der Waals surface area contributed by atoms with Crippen molar-refractivity contribution in [2.75, 3.05) is 13.1 Å². The van der Waals surface area contributed by atoms with Crippen molar-refractivity contribution < 1.29 is 9.59 Å². The molecule has 0 bridgehead atoms. The lowest BCUT2D eigenvalue weighted by atomic mass is 10.2. The summed E-state index contributed by atoms with van der Waals surface area (Å²) in [7, 11) is 0. The van der Waals surface area contributed by atoms with Gasteiger partial charge in [0, 0.05) is 18.0 Å². The summed E-state index contributed by atoms with van der Waals surface area (Å²) in [5, 5.41) is 5.30. The zero-order valence-electron chi connectivity index (χ0n) is 8.87. The van der Waals surface area contributed by atoms with E-state index >= 15 is 0 Å². The molecular formula is C10H12ClN3O2S. The monoisotopic (exact) mass is 273 g/mol. The molecule has 0 saturated carbocycles. The maximum absolute atomic E-state index is 11.7. The predicted octanol–water partition coefficient (Wildman–Crippen LogP) is 1.03. The van der Waals surface area contributed by atoms with Gasteiger partial charge in [-0.2, -0.15) is 0 Å². The second-order valence-electron chi connectivity index (χ2n) is 3.21. The summed E-state index contributed by atoms with van der Waals surface area (Å²) < 4.78 is 0. The first-order valence-electron chi connectivity index (χ1n) is 4.80. The Morgan fingerprint density at radius 2 is 1.94 bits per heavy atom. The van der Waals surface area contributed by atoms with Gasteiger partial charge in [-0.1, -0.05) is 11.6 Å². The molecule has 17 heavy (non-hydrogen) atoms. The Hall–Kier alpha value is -1.40. The van der Waals surface area contributed by atoms with Gasteiger partial charge >= 0.3 is 6.03 Å². The van der Waals surface area contributed by atoms with Gasteiger partial charge in [-0.05, 0) is 18.2 Å². The molecule has 0 aliphatic rings. The third kappa shape index (κ3) is 4.54. The van der Waals surface area contributed by atoms with Crippen molar-refractivity contribution in [2.24, 2.45) is 5.73 Å². The molecule has 4 N–H and O–H groups in total. The third-order valence-corrected chi connectivity index (χ3v) is 2.51. The van der Waals surface area contributed by atoms with Crippen LogP contribution in [0.15, 0.2) is 23.1 Å². The topological polar surface area (TPSA) is 84.2 Å². The fraction of sp³-hybridized carbons (Fsp3) is 0.200. The van der Waals surface area contributed by atoms with Gasteiger partial charge in [0.1, 0.15) is 0 Å². The average Bonchev–Trinajstić information content (AvgIpc) is 2.27. The minimum absolute atomic E-state index is 0.263. The van der Waals surface area contributed by atoms with Crippen LogP contribution in [0.25, 0.3) is 0 Å². The van der Waals surface area contributed by atoms with E-state index in [0.29, 0.717) is 15.5 Å². The number of rotatable bonds is 4. The Balaban J connectivity index is 2.52. The summed E-state index contributed by atoms with van der Waals surface area (Å²) in [5.41, 5.74) is 5.22. The van der Waals surface area contributed by atoms with E-state index in [9.17, 15) is 9.59 Å². The first kappa shape index (κ1) is 13.7. The fourth-order valence-corrected chi connectivity index (χ4v) is 1.55. The number of nitrogens with two attached hydrogens (primary N) is 1. The van der Waals surface area contributed by atoms with Crippen molar-refractivity contribution in [1.29, 1.82) is 0 Å². The molecule has 92 valence electrons.